The number of esters is 1. The van der Waals surface area contributed by atoms with Crippen molar-refractivity contribution in [3.05, 3.63) is 58.9 Å². The van der Waals surface area contributed by atoms with Gasteiger partial charge in [-0.2, -0.15) is 0 Å². The van der Waals surface area contributed by atoms with Gasteiger partial charge in [0.05, 0.1) is 28.5 Å². The van der Waals surface area contributed by atoms with Crippen LogP contribution in [0.1, 0.15) is 79.4 Å². The molecule has 3 heterocycles. The fourth-order valence-corrected chi connectivity index (χ4v) is 6.08. The number of rotatable bonds is 11. The highest BCUT2D eigenvalue weighted by atomic mass is 35.5. The molecule has 4 rings (SSSR count). The Kier molecular flexibility index (Phi) is 11.2. The number of hydrogen-bond acceptors (Lipinski definition) is 8. The first-order valence-corrected chi connectivity index (χ1v) is 16.4. The number of nitrogens with zero attached hydrogens (tertiary/aromatic N) is 3. The lowest BCUT2D eigenvalue weighted by Crippen LogP contribution is -2.66. The maximum Gasteiger partial charge on any atom is 0.339 e. The molecule has 2 aromatic rings. The van der Waals surface area contributed by atoms with E-state index in [1.165, 1.54) is 0 Å². The lowest BCUT2D eigenvalue weighted by Gasteiger charge is -2.50. The third-order valence-corrected chi connectivity index (χ3v) is 8.62. The normalized spacial score (nSPS) is 22.6. The molecule has 1 saturated heterocycles. The number of aryl methyl sites for hydroxylation is 1. The number of likely N-dealkylation sites (tertiary alicyclic amines) is 1. The number of halogens is 2. The quantitative estimate of drug-likeness (QED) is 0.181. The summed E-state index contributed by atoms with van der Waals surface area (Å²) in [6.45, 7) is 18.8. The van der Waals surface area contributed by atoms with Crippen LogP contribution in [-0.2, 0) is 14.3 Å². The molecular formula is C36H49ClFN3O5. The summed E-state index contributed by atoms with van der Waals surface area (Å²) >= 11 is 6.26. The number of aromatic nitrogens is 1. The number of carbonyl (C=O) groups excluding carboxylic acids is 1. The van der Waals surface area contributed by atoms with Gasteiger partial charge in [0, 0.05) is 24.0 Å². The van der Waals surface area contributed by atoms with Gasteiger partial charge in [0.15, 0.2) is 6.10 Å². The average molecular weight is 658 g/mol. The maximum atomic E-state index is 18.2. The Morgan fingerprint density at radius 2 is 1.76 bits per heavy atom. The fourth-order valence-electron chi connectivity index (χ4n) is 5.79. The number of aliphatic imine (C=N–C) groups is 1. The van der Waals surface area contributed by atoms with E-state index in [1.807, 2.05) is 31.2 Å². The number of benzene rings is 1. The van der Waals surface area contributed by atoms with Crippen molar-refractivity contribution < 1.29 is 28.1 Å². The minimum atomic E-state index is -2.31. The first-order valence-electron chi connectivity index (χ1n) is 16.0. The molecule has 0 aliphatic carbocycles. The van der Waals surface area contributed by atoms with E-state index < -0.39 is 35.5 Å². The molecule has 252 valence electrons. The first kappa shape index (κ1) is 35.8. The summed E-state index contributed by atoms with van der Waals surface area (Å²) in [5.41, 5.74) is -0.499. The molecule has 1 fully saturated rings. The zero-order valence-electron chi connectivity index (χ0n) is 28.7. The van der Waals surface area contributed by atoms with E-state index in [1.54, 1.807) is 60.0 Å². The zero-order valence-corrected chi connectivity index (χ0v) is 29.4. The van der Waals surface area contributed by atoms with Gasteiger partial charge in [-0.15, -0.1) is 0 Å². The third kappa shape index (κ3) is 8.66. The van der Waals surface area contributed by atoms with Crippen LogP contribution in [0.3, 0.4) is 0 Å². The molecule has 46 heavy (non-hydrogen) atoms. The summed E-state index contributed by atoms with van der Waals surface area (Å²) in [5.74, 6) is 0.240. The van der Waals surface area contributed by atoms with E-state index >= 15 is 4.39 Å². The summed E-state index contributed by atoms with van der Waals surface area (Å²) < 4.78 is 41.6. The van der Waals surface area contributed by atoms with Gasteiger partial charge in [-0.3, -0.25) is 9.89 Å². The summed E-state index contributed by atoms with van der Waals surface area (Å²) in [4.78, 5) is 24.8. The Labute approximate surface area is 278 Å². The number of carbonyl (C=O) groups is 1. The molecule has 3 atom stereocenters. The van der Waals surface area contributed by atoms with E-state index in [-0.39, 0.29) is 24.3 Å². The van der Waals surface area contributed by atoms with Gasteiger partial charge in [0.2, 0.25) is 11.5 Å². The van der Waals surface area contributed by atoms with Crippen LogP contribution in [0.4, 0.5) is 4.39 Å². The van der Waals surface area contributed by atoms with Crippen LogP contribution >= 0.6 is 11.6 Å². The van der Waals surface area contributed by atoms with Crippen molar-refractivity contribution in [1.29, 1.82) is 0 Å². The predicted molar refractivity (Wildman–Crippen MR) is 181 cm³/mol. The third-order valence-electron chi connectivity index (χ3n) is 8.33. The van der Waals surface area contributed by atoms with Crippen molar-refractivity contribution in [1.82, 2.24) is 9.88 Å². The van der Waals surface area contributed by atoms with Crippen molar-refractivity contribution in [2.24, 2.45) is 10.4 Å². The fraction of sp³-hybridized carbons (Fsp3) is 0.583. The Bertz CT molecular complexity index is 1430. The zero-order chi connectivity index (χ0) is 33.9. The molecule has 10 heteroatoms. The van der Waals surface area contributed by atoms with Crippen molar-refractivity contribution in [2.75, 3.05) is 26.3 Å². The number of pyridine rings is 1. The van der Waals surface area contributed by atoms with Crippen LogP contribution in [0, 0.1) is 12.3 Å². The largest absolute Gasteiger partial charge is 0.488 e. The van der Waals surface area contributed by atoms with Gasteiger partial charge in [0.25, 0.3) is 0 Å². The number of ether oxygens (including phenoxy) is 4. The maximum absolute atomic E-state index is 18.2. The minimum absolute atomic E-state index is 0.129. The van der Waals surface area contributed by atoms with Gasteiger partial charge in [-0.1, -0.05) is 31.5 Å². The Hall–Kier alpha value is -3.01. The molecule has 2 aliphatic heterocycles. The van der Waals surface area contributed by atoms with Crippen LogP contribution in [0.25, 0.3) is 5.57 Å². The summed E-state index contributed by atoms with van der Waals surface area (Å²) in [7, 11) is 0. The second kappa shape index (κ2) is 14.4. The molecule has 3 unspecified atom stereocenters. The van der Waals surface area contributed by atoms with Gasteiger partial charge in [-0.25, -0.2) is 14.2 Å². The van der Waals surface area contributed by atoms with Crippen molar-refractivity contribution in [2.45, 2.75) is 105 Å². The van der Waals surface area contributed by atoms with Gasteiger partial charge >= 0.3 is 5.97 Å². The summed E-state index contributed by atoms with van der Waals surface area (Å²) in [5, 5.41) is 0.546. The number of alkyl halides is 1. The van der Waals surface area contributed by atoms with E-state index in [0.717, 1.165) is 18.4 Å². The molecule has 2 aliphatic rings. The number of piperidine rings is 1. The van der Waals surface area contributed by atoms with Crippen LogP contribution in [-0.4, -0.2) is 77.4 Å². The summed E-state index contributed by atoms with van der Waals surface area (Å²) in [6, 6.07) is 8.33. The molecule has 0 N–H and O–H groups in total. The second-order valence-corrected chi connectivity index (χ2v) is 14.7. The molecule has 8 nitrogen and oxygen atoms in total. The van der Waals surface area contributed by atoms with Crippen molar-refractivity contribution >= 4 is 28.9 Å². The molecule has 0 amide bonds. The van der Waals surface area contributed by atoms with E-state index in [9.17, 15) is 4.79 Å². The molecule has 1 aromatic heterocycles. The van der Waals surface area contributed by atoms with E-state index in [4.69, 9.17) is 30.5 Å². The molecular weight excluding hydrogens is 609 g/mol. The Morgan fingerprint density at radius 1 is 1.09 bits per heavy atom. The lowest BCUT2D eigenvalue weighted by molar-refractivity contribution is -0.185. The van der Waals surface area contributed by atoms with Gasteiger partial charge in [0.1, 0.15) is 19.0 Å². The molecule has 1 aromatic carbocycles. The SMILES string of the molecule is CC1=NC=C(c2ccc(OCCOc3ccc(C)cc3Cl)nc2)C(N2CCC(C)(C)CC2)C1(F)C(OC(C)(C)C)C(=O)OC(C)C. The summed E-state index contributed by atoms with van der Waals surface area (Å²) in [6.07, 6.45) is 3.12. The van der Waals surface area contributed by atoms with Crippen LogP contribution < -0.4 is 9.47 Å². The first-order chi connectivity index (χ1) is 21.5. The van der Waals surface area contributed by atoms with Crippen molar-refractivity contribution in [3.8, 4) is 11.6 Å². The van der Waals surface area contributed by atoms with Crippen LogP contribution in [0.5, 0.6) is 11.6 Å². The minimum Gasteiger partial charge on any atom is -0.488 e. The van der Waals surface area contributed by atoms with Crippen LogP contribution in [0.2, 0.25) is 5.02 Å². The Morgan fingerprint density at radius 3 is 2.35 bits per heavy atom. The predicted octanol–water partition coefficient (Wildman–Crippen LogP) is 7.65. The average Bonchev–Trinajstić information content (AvgIpc) is 2.96. The highest BCUT2D eigenvalue weighted by molar-refractivity contribution is 6.32. The number of hydrogen-bond donors (Lipinski definition) is 0. The van der Waals surface area contributed by atoms with Gasteiger partial charge in [-0.05, 0) is 109 Å². The standard InChI is InChI=1S/C36H49ClFN3O5/c1-23(2)45-33(42)32(46-34(5,6)7)36(38)25(4)39-22-27(31(36)41-16-14-35(8,9)15-17-41)26-11-13-30(40-21-26)44-19-18-43-29-12-10-24(3)20-28(29)37/h10-13,20-23,31-32H,14-19H2,1-9H3. The van der Waals surface area contributed by atoms with E-state index in [2.05, 4.69) is 28.7 Å². The molecule has 0 bridgehead atoms. The second-order valence-electron chi connectivity index (χ2n) is 14.3. The van der Waals surface area contributed by atoms with E-state index in [0.29, 0.717) is 40.9 Å². The molecule has 0 spiro atoms. The van der Waals surface area contributed by atoms with Crippen LogP contribution in [0.15, 0.2) is 47.7 Å². The highest BCUT2D eigenvalue weighted by Gasteiger charge is 2.59. The lowest BCUT2D eigenvalue weighted by atomic mass is 9.75. The van der Waals surface area contributed by atoms with Gasteiger partial charge < -0.3 is 18.9 Å². The van der Waals surface area contributed by atoms with Crippen molar-refractivity contribution in [3.63, 3.8) is 0 Å². The molecule has 0 saturated carbocycles. The Balaban J connectivity index is 1.62. The smallest absolute Gasteiger partial charge is 0.339 e. The highest BCUT2D eigenvalue weighted by Crippen LogP contribution is 2.44. The molecule has 0 radical (unpaired) electrons. The topological polar surface area (TPSA) is 82.5 Å². The monoisotopic (exact) mass is 657 g/mol.